The maximum Gasteiger partial charge on any atom is 0.211 e. The first-order chi connectivity index (χ1) is 5.87. The lowest BCUT2D eigenvalue weighted by atomic mass is 10.2. The molecule has 0 aliphatic rings. The SMILES string of the molecule is CC[C@H](C)CS(=O)(=O)NC[C@@H](C)O. The molecule has 13 heavy (non-hydrogen) atoms. The Bertz CT molecular complexity index is 224. The second-order valence-electron chi connectivity index (χ2n) is 3.49. The topological polar surface area (TPSA) is 66.4 Å². The van der Waals surface area contributed by atoms with Gasteiger partial charge in [0, 0.05) is 6.54 Å². The summed E-state index contributed by atoms with van der Waals surface area (Å²) in [6.07, 6.45) is 0.210. The lowest BCUT2D eigenvalue weighted by molar-refractivity contribution is 0.198. The Morgan fingerprint density at radius 3 is 2.31 bits per heavy atom. The van der Waals surface area contributed by atoms with Gasteiger partial charge >= 0.3 is 0 Å². The van der Waals surface area contributed by atoms with E-state index < -0.39 is 16.1 Å². The molecule has 0 aromatic carbocycles. The molecule has 0 aromatic heterocycles. The van der Waals surface area contributed by atoms with Crippen LogP contribution in [0.4, 0.5) is 0 Å². The third kappa shape index (κ3) is 6.98. The van der Waals surface area contributed by atoms with E-state index >= 15 is 0 Å². The maximum atomic E-state index is 11.3. The number of aliphatic hydroxyl groups is 1. The van der Waals surface area contributed by atoms with Crippen molar-refractivity contribution in [3.05, 3.63) is 0 Å². The van der Waals surface area contributed by atoms with E-state index in [2.05, 4.69) is 4.72 Å². The Labute approximate surface area is 80.4 Å². The van der Waals surface area contributed by atoms with Crippen molar-refractivity contribution in [1.29, 1.82) is 0 Å². The second-order valence-corrected chi connectivity index (χ2v) is 5.34. The summed E-state index contributed by atoms with van der Waals surface area (Å²) in [5, 5.41) is 8.88. The fourth-order valence-electron chi connectivity index (χ4n) is 0.799. The van der Waals surface area contributed by atoms with Crippen LogP contribution in [0.5, 0.6) is 0 Å². The van der Waals surface area contributed by atoms with Gasteiger partial charge in [0.2, 0.25) is 10.0 Å². The van der Waals surface area contributed by atoms with Crippen molar-refractivity contribution in [2.75, 3.05) is 12.3 Å². The van der Waals surface area contributed by atoms with Crippen LogP contribution >= 0.6 is 0 Å². The monoisotopic (exact) mass is 209 g/mol. The zero-order valence-electron chi connectivity index (χ0n) is 8.45. The van der Waals surface area contributed by atoms with Crippen LogP contribution in [0.3, 0.4) is 0 Å². The molecule has 80 valence electrons. The summed E-state index contributed by atoms with van der Waals surface area (Å²) in [5.41, 5.74) is 0. The van der Waals surface area contributed by atoms with Crippen LogP contribution in [0.25, 0.3) is 0 Å². The quantitative estimate of drug-likeness (QED) is 0.662. The Morgan fingerprint density at radius 2 is 1.92 bits per heavy atom. The molecule has 0 aliphatic carbocycles. The Hall–Kier alpha value is -0.130. The molecular weight excluding hydrogens is 190 g/mol. The van der Waals surface area contributed by atoms with Gasteiger partial charge in [0.05, 0.1) is 11.9 Å². The molecule has 0 heterocycles. The number of sulfonamides is 1. The van der Waals surface area contributed by atoms with Crippen molar-refractivity contribution in [3.8, 4) is 0 Å². The summed E-state index contributed by atoms with van der Waals surface area (Å²) in [4.78, 5) is 0. The predicted molar refractivity (Wildman–Crippen MR) is 52.9 cm³/mol. The van der Waals surface area contributed by atoms with Gasteiger partial charge < -0.3 is 5.11 Å². The fraction of sp³-hybridized carbons (Fsp3) is 1.00. The summed E-state index contributed by atoms with van der Waals surface area (Å²) in [7, 11) is -3.20. The van der Waals surface area contributed by atoms with Crippen LogP contribution in [0, 0.1) is 5.92 Å². The van der Waals surface area contributed by atoms with Crippen molar-refractivity contribution < 1.29 is 13.5 Å². The van der Waals surface area contributed by atoms with Crippen LogP contribution in [0.2, 0.25) is 0 Å². The Morgan fingerprint density at radius 1 is 1.38 bits per heavy atom. The summed E-state index contributed by atoms with van der Waals surface area (Å²) < 4.78 is 24.9. The number of hydrogen-bond donors (Lipinski definition) is 2. The summed E-state index contributed by atoms with van der Waals surface area (Å²) in [6, 6.07) is 0. The third-order valence-electron chi connectivity index (χ3n) is 1.80. The van der Waals surface area contributed by atoms with Crippen LogP contribution in [0.1, 0.15) is 27.2 Å². The summed E-state index contributed by atoms with van der Waals surface area (Å²) >= 11 is 0. The van der Waals surface area contributed by atoms with E-state index in [0.717, 1.165) is 6.42 Å². The first-order valence-electron chi connectivity index (χ1n) is 4.52. The minimum atomic E-state index is -3.20. The van der Waals surface area contributed by atoms with E-state index in [1.54, 1.807) is 6.92 Å². The Kier molecular flexibility index (Phi) is 5.51. The predicted octanol–water partition coefficient (Wildman–Crippen LogP) is 0.333. The van der Waals surface area contributed by atoms with E-state index in [9.17, 15) is 8.42 Å². The van der Waals surface area contributed by atoms with Crippen molar-refractivity contribution in [2.45, 2.75) is 33.3 Å². The number of aliphatic hydroxyl groups excluding tert-OH is 1. The minimum Gasteiger partial charge on any atom is -0.392 e. The van der Waals surface area contributed by atoms with E-state index in [4.69, 9.17) is 5.11 Å². The van der Waals surface area contributed by atoms with E-state index in [0.29, 0.717) is 0 Å². The number of hydrogen-bond acceptors (Lipinski definition) is 3. The number of rotatable bonds is 6. The third-order valence-corrected chi connectivity index (χ3v) is 3.41. The standard InChI is InChI=1S/C8H19NO3S/c1-4-7(2)6-13(11,12)9-5-8(3)10/h7-10H,4-6H2,1-3H3/t7-,8+/m0/s1. The van der Waals surface area contributed by atoms with E-state index in [-0.39, 0.29) is 18.2 Å². The fourth-order valence-corrected chi connectivity index (χ4v) is 2.40. The lowest BCUT2D eigenvalue weighted by Crippen LogP contribution is -2.34. The smallest absolute Gasteiger partial charge is 0.211 e. The highest BCUT2D eigenvalue weighted by Crippen LogP contribution is 2.03. The lowest BCUT2D eigenvalue weighted by Gasteiger charge is -2.11. The van der Waals surface area contributed by atoms with Crippen LogP contribution in [0.15, 0.2) is 0 Å². The molecular formula is C8H19NO3S. The van der Waals surface area contributed by atoms with Gasteiger partial charge in [-0.1, -0.05) is 20.3 Å². The van der Waals surface area contributed by atoms with Crippen molar-refractivity contribution >= 4 is 10.0 Å². The summed E-state index contributed by atoms with van der Waals surface area (Å²) in [6.45, 7) is 5.49. The molecule has 5 heteroatoms. The Balaban J connectivity index is 3.95. The van der Waals surface area contributed by atoms with Crippen LogP contribution in [-0.2, 0) is 10.0 Å². The molecule has 0 saturated heterocycles. The van der Waals surface area contributed by atoms with Crippen molar-refractivity contribution in [2.24, 2.45) is 5.92 Å². The molecule has 0 bridgehead atoms. The van der Waals surface area contributed by atoms with Gasteiger partial charge in [0.1, 0.15) is 0 Å². The van der Waals surface area contributed by atoms with E-state index in [1.165, 1.54) is 0 Å². The zero-order valence-corrected chi connectivity index (χ0v) is 9.26. The number of nitrogens with one attached hydrogen (secondary N) is 1. The van der Waals surface area contributed by atoms with Gasteiger partial charge in [-0.25, -0.2) is 13.1 Å². The molecule has 0 aliphatic heterocycles. The van der Waals surface area contributed by atoms with Gasteiger partial charge in [-0.05, 0) is 12.8 Å². The molecule has 0 rings (SSSR count). The molecule has 0 spiro atoms. The first kappa shape index (κ1) is 12.9. The molecule has 0 unspecified atom stereocenters. The van der Waals surface area contributed by atoms with Gasteiger partial charge in [0.25, 0.3) is 0 Å². The highest BCUT2D eigenvalue weighted by molar-refractivity contribution is 7.89. The minimum absolute atomic E-state index is 0.0960. The van der Waals surface area contributed by atoms with Gasteiger partial charge in [-0.2, -0.15) is 0 Å². The van der Waals surface area contributed by atoms with Crippen molar-refractivity contribution in [3.63, 3.8) is 0 Å². The molecule has 0 aromatic rings. The van der Waals surface area contributed by atoms with Crippen molar-refractivity contribution in [1.82, 2.24) is 4.72 Å². The molecule has 2 atom stereocenters. The largest absolute Gasteiger partial charge is 0.392 e. The highest BCUT2D eigenvalue weighted by Gasteiger charge is 2.14. The zero-order chi connectivity index (χ0) is 10.5. The highest BCUT2D eigenvalue weighted by atomic mass is 32.2. The normalized spacial score (nSPS) is 16.9. The average Bonchev–Trinajstić information content (AvgIpc) is 2.00. The van der Waals surface area contributed by atoms with Crippen LogP contribution < -0.4 is 4.72 Å². The van der Waals surface area contributed by atoms with Gasteiger partial charge in [0.15, 0.2) is 0 Å². The molecule has 4 nitrogen and oxygen atoms in total. The second kappa shape index (κ2) is 5.57. The maximum absolute atomic E-state index is 11.3. The molecule has 2 N–H and O–H groups in total. The van der Waals surface area contributed by atoms with Crippen LogP contribution in [-0.4, -0.2) is 31.9 Å². The first-order valence-corrected chi connectivity index (χ1v) is 6.18. The van der Waals surface area contributed by atoms with Gasteiger partial charge in [-0.3, -0.25) is 0 Å². The van der Waals surface area contributed by atoms with Gasteiger partial charge in [-0.15, -0.1) is 0 Å². The average molecular weight is 209 g/mol. The van der Waals surface area contributed by atoms with E-state index in [1.807, 2.05) is 13.8 Å². The molecule has 0 amide bonds. The summed E-state index contributed by atoms with van der Waals surface area (Å²) in [5.74, 6) is 0.294. The molecule has 0 saturated carbocycles. The molecule has 0 fully saturated rings. The molecule has 0 radical (unpaired) electrons.